The Labute approximate surface area is 296 Å². The van der Waals surface area contributed by atoms with E-state index in [0.29, 0.717) is 38.0 Å². The number of benzene rings is 3. The second-order valence-electron chi connectivity index (χ2n) is 15.2. The standard InChI is InChI=1S/C40H49N3O6Si/c1-27-38(50(2,3)48)35(23-37(46)42-25-30-16-11-10-15-29(30)21-32(42)26-44)49-40(27)33-22-31(41-20-12-5-4-9-17-36(41)45)18-19-34(33)43(39(40)47)24-28-13-7-6-8-14-28/h6-8,10-11,13-16,18-19,22,27,32,35,38,44,48H,4-5,9,12,17,20-21,23-26H2,1-3H3/t27-,32+,35+,38-,40+/m1/s1. The Morgan fingerprint density at radius 1 is 0.960 bits per heavy atom. The number of aliphatic hydroxyl groups excluding tert-OH is 1. The molecule has 0 aliphatic carbocycles. The van der Waals surface area contributed by atoms with Crippen molar-refractivity contribution in [1.82, 2.24) is 4.90 Å². The highest BCUT2D eigenvalue weighted by molar-refractivity contribution is 6.71. The van der Waals surface area contributed by atoms with E-state index in [1.807, 2.05) is 97.7 Å². The third kappa shape index (κ3) is 6.10. The van der Waals surface area contributed by atoms with Gasteiger partial charge in [-0.15, -0.1) is 0 Å². The third-order valence-corrected chi connectivity index (χ3v) is 14.1. The number of rotatable bonds is 7. The van der Waals surface area contributed by atoms with Gasteiger partial charge in [-0.05, 0) is 67.2 Å². The summed E-state index contributed by atoms with van der Waals surface area (Å²) in [5, 5.41) is 10.3. The SMILES string of the molecule is C[C@@H]1[C@@H]([Si](C)(C)O)[C@H](CC(=O)N2Cc3ccccc3C[C@H]2CO)O[C@@]12C(=O)N(Cc1ccccc1)c1ccc(N3CCCCCCC3=O)cc12. The lowest BCUT2D eigenvalue weighted by atomic mass is 9.82. The molecule has 2 N–H and O–H groups in total. The lowest BCUT2D eigenvalue weighted by molar-refractivity contribution is -0.151. The molecule has 0 saturated carbocycles. The van der Waals surface area contributed by atoms with Crippen LogP contribution in [0.3, 0.4) is 0 Å². The number of carbonyl (C=O) groups excluding carboxylic acids is 3. The minimum atomic E-state index is -3.04. The summed E-state index contributed by atoms with van der Waals surface area (Å²) in [6.07, 6.45) is 4.20. The molecular weight excluding hydrogens is 647 g/mol. The topological polar surface area (TPSA) is 111 Å². The van der Waals surface area contributed by atoms with Crippen molar-refractivity contribution < 1.29 is 29.0 Å². The first-order valence-corrected chi connectivity index (χ1v) is 21.2. The van der Waals surface area contributed by atoms with Crippen LogP contribution in [0.25, 0.3) is 0 Å². The summed E-state index contributed by atoms with van der Waals surface area (Å²) in [6, 6.07) is 23.3. The van der Waals surface area contributed by atoms with Crippen LogP contribution >= 0.6 is 0 Å². The molecule has 9 nitrogen and oxygen atoms in total. The molecule has 7 rings (SSSR count). The molecule has 264 valence electrons. The fourth-order valence-corrected chi connectivity index (χ4v) is 11.7. The molecule has 0 aromatic heterocycles. The summed E-state index contributed by atoms with van der Waals surface area (Å²) in [5.74, 6) is -0.745. The van der Waals surface area contributed by atoms with Crippen molar-refractivity contribution in [3.05, 3.63) is 95.1 Å². The van der Waals surface area contributed by atoms with Gasteiger partial charge in [-0.1, -0.05) is 74.4 Å². The smallest absolute Gasteiger partial charge is 0.264 e. The number of hydrogen-bond acceptors (Lipinski definition) is 6. The highest BCUT2D eigenvalue weighted by atomic mass is 28.4. The Bertz CT molecular complexity index is 1760. The van der Waals surface area contributed by atoms with Gasteiger partial charge in [-0.2, -0.15) is 0 Å². The van der Waals surface area contributed by atoms with Gasteiger partial charge in [0.15, 0.2) is 13.9 Å². The van der Waals surface area contributed by atoms with Crippen molar-refractivity contribution in [2.24, 2.45) is 5.92 Å². The Kier molecular flexibility index (Phi) is 9.49. The number of ether oxygens (including phenoxy) is 1. The first-order valence-electron chi connectivity index (χ1n) is 18.2. The maximum absolute atomic E-state index is 15.0. The van der Waals surface area contributed by atoms with E-state index in [1.165, 1.54) is 0 Å². The van der Waals surface area contributed by atoms with Crippen molar-refractivity contribution in [2.75, 3.05) is 23.0 Å². The second kappa shape index (κ2) is 13.7. The van der Waals surface area contributed by atoms with Gasteiger partial charge in [-0.25, -0.2) is 0 Å². The van der Waals surface area contributed by atoms with Gasteiger partial charge in [0, 0.05) is 42.2 Å². The van der Waals surface area contributed by atoms with Crippen LogP contribution in [-0.2, 0) is 44.2 Å². The van der Waals surface area contributed by atoms with E-state index >= 15 is 4.79 Å². The molecule has 4 heterocycles. The number of fused-ring (bicyclic) bond motifs is 3. The molecule has 3 aromatic carbocycles. The van der Waals surface area contributed by atoms with E-state index < -0.39 is 31.5 Å². The highest BCUT2D eigenvalue weighted by Crippen LogP contribution is 2.60. The van der Waals surface area contributed by atoms with Crippen molar-refractivity contribution in [1.29, 1.82) is 0 Å². The molecule has 3 amide bonds. The fourth-order valence-electron chi connectivity index (χ4n) is 9.12. The van der Waals surface area contributed by atoms with Crippen molar-refractivity contribution in [3.63, 3.8) is 0 Å². The molecule has 0 bridgehead atoms. The summed E-state index contributed by atoms with van der Waals surface area (Å²) in [6.45, 7) is 6.88. The number of nitrogens with zero attached hydrogens (tertiary/aromatic N) is 3. The summed E-state index contributed by atoms with van der Waals surface area (Å²) in [5.41, 5.74) is 3.44. The summed E-state index contributed by atoms with van der Waals surface area (Å²) in [7, 11) is -3.04. The number of hydrogen-bond donors (Lipinski definition) is 2. The second-order valence-corrected chi connectivity index (χ2v) is 19.2. The Balaban J connectivity index is 1.28. The number of amides is 3. The van der Waals surface area contributed by atoms with Crippen LogP contribution in [0.15, 0.2) is 72.8 Å². The zero-order valence-electron chi connectivity index (χ0n) is 29.4. The van der Waals surface area contributed by atoms with E-state index in [1.54, 1.807) is 9.80 Å². The fraction of sp³-hybridized carbons (Fsp3) is 0.475. The third-order valence-electron chi connectivity index (χ3n) is 11.5. The molecule has 4 aliphatic heterocycles. The molecular formula is C40H49N3O6Si. The Morgan fingerprint density at radius 3 is 2.42 bits per heavy atom. The number of aliphatic hydroxyl groups is 1. The molecule has 0 radical (unpaired) electrons. The van der Waals surface area contributed by atoms with Crippen molar-refractivity contribution in [3.8, 4) is 0 Å². The van der Waals surface area contributed by atoms with Crippen LogP contribution < -0.4 is 9.80 Å². The molecule has 2 saturated heterocycles. The van der Waals surface area contributed by atoms with Crippen molar-refractivity contribution in [2.45, 2.75) is 101 Å². The van der Waals surface area contributed by atoms with E-state index in [9.17, 15) is 19.5 Å². The predicted octanol–water partition coefficient (Wildman–Crippen LogP) is 5.66. The monoisotopic (exact) mass is 695 g/mol. The molecule has 5 atom stereocenters. The normalized spacial score (nSPS) is 26.9. The largest absolute Gasteiger partial charge is 0.432 e. The van der Waals surface area contributed by atoms with E-state index in [4.69, 9.17) is 4.74 Å². The lowest BCUT2D eigenvalue weighted by Gasteiger charge is -2.37. The van der Waals surface area contributed by atoms with Gasteiger partial charge in [0.1, 0.15) is 0 Å². The molecule has 3 aromatic rings. The van der Waals surface area contributed by atoms with Crippen LogP contribution in [0, 0.1) is 5.92 Å². The van der Waals surface area contributed by atoms with E-state index in [0.717, 1.165) is 53.7 Å². The van der Waals surface area contributed by atoms with E-state index in [-0.39, 0.29) is 36.8 Å². The number of carbonyl (C=O) groups is 3. The van der Waals surface area contributed by atoms with Crippen LogP contribution in [0.2, 0.25) is 18.6 Å². The number of anilines is 2. The molecule has 0 unspecified atom stereocenters. The Morgan fingerprint density at radius 2 is 1.68 bits per heavy atom. The summed E-state index contributed by atoms with van der Waals surface area (Å²) in [4.78, 5) is 59.9. The van der Waals surface area contributed by atoms with Gasteiger partial charge in [0.25, 0.3) is 5.91 Å². The molecule has 50 heavy (non-hydrogen) atoms. The minimum absolute atomic E-state index is 0.0159. The molecule has 2 fully saturated rings. The van der Waals surface area contributed by atoms with E-state index in [2.05, 4.69) is 0 Å². The van der Waals surface area contributed by atoms with Gasteiger partial charge >= 0.3 is 0 Å². The first kappa shape index (κ1) is 34.6. The van der Waals surface area contributed by atoms with Gasteiger partial charge in [0.05, 0.1) is 37.4 Å². The maximum Gasteiger partial charge on any atom is 0.264 e. The molecule has 4 aliphatic rings. The minimum Gasteiger partial charge on any atom is -0.432 e. The predicted molar refractivity (Wildman–Crippen MR) is 195 cm³/mol. The average Bonchev–Trinajstić information content (AvgIpc) is 3.52. The summed E-state index contributed by atoms with van der Waals surface area (Å²) >= 11 is 0. The van der Waals surface area contributed by atoms with Crippen molar-refractivity contribution >= 4 is 37.4 Å². The summed E-state index contributed by atoms with van der Waals surface area (Å²) < 4.78 is 7.05. The molecule has 10 heteroatoms. The van der Waals surface area contributed by atoms with Crippen LogP contribution in [0.1, 0.15) is 67.7 Å². The molecule has 1 spiro atoms. The van der Waals surface area contributed by atoms with Gasteiger partial charge in [-0.3, -0.25) is 14.4 Å². The zero-order valence-corrected chi connectivity index (χ0v) is 30.4. The van der Waals surface area contributed by atoms with Gasteiger partial charge < -0.3 is 29.3 Å². The zero-order chi connectivity index (χ0) is 35.2. The quantitative estimate of drug-likeness (QED) is 0.309. The first-order chi connectivity index (χ1) is 24.0. The van der Waals surface area contributed by atoms with Crippen LogP contribution in [0.5, 0.6) is 0 Å². The van der Waals surface area contributed by atoms with Crippen LogP contribution in [0.4, 0.5) is 11.4 Å². The van der Waals surface area contributed by atoms with Crippen LogP contribution in [-0.4, -0.2) is 66.1 Å². The average molecular weight is 696 g/mol. The lowest BCUT2D eigenvalue weighted by Crippen LogP contribution is -2.48. The van der Waals surface area contributed by atoms with Gasteiger partial charge in [0.2, 0.25) is 11.8 Å². The highest BCUT2D eigenvalue weighted by Gasteiger charge is 2.66. The Hall–Kier alpha value is -3.83. The maximum atomic E-state index is 15.0.